The highest BCUT2D eigenvalue weighted by Crippen LogP contribution is 2.64. The number of hydrogen-bond donors (Lipinski definition) is 2. The molecule has 2 aromatic carbocycles. The molecule has 3 aliphatic rings. The summed E-state index contributed by atoms with van der Waals surface area (Å²) in [7, 11) is -0.441. The van der Waals surface area contributed by atoms with Crippen molar-refractivity contribution in [2.75, 3.05) is 13.7 Å². The molecule has 41 heavy (non-hydrogen) atoms. The molecule has 2 fully saturated rings. The Kier molecular flexibility index (Phi) is 8.25. The predicted molar refractivity (Wildman–Crippen MR) is 168 cm³/mol. The fraction of sp³-hybridized carbons (Fsp3) is 0.629. The number of aryl methyl sites for hydroxylation is 1. The summed E-state index contributed by atoms with van der Waals surface area (Å²) in [6, 6.07) is 16.4. The number of benzene rings is 2. The second kappa shape index (κ2) is 11.2. The lowest BCUT2D eigenvalue weighted by molar-refractivity contribution is -0.144. The maximum atomic E-state index is 12.7. The first-order valence-corrected chi connectivity index (χ1v) is 18.6. The molecule has 0 radical (unpaired) electrons. The molecular formula is C35H51NO4Si. The molecule has 0 amide bonds. The van der Waals surface area contributed by atoms with E-state index in [1.165, 1.54) is 24.7 Å². The summed E-state index contributed by atoms with van der Waals surface area (Å²) in [5, 5.41) is 15.8. The van der Waals surface area contributed by atoms with Crippen LogP contribution in [-0.2, 0) is 22.4 Å². The van der Waals surface area contributed by atoms with Crippen molar-refractivity contribution in [2.24, 2.45) is 17.3 Å². The van der Waals surface area contributed by atoms with Gasteiger partial charge in [0, 0.05) is 12.0 Å². The quantitative estimate of drug-likeness (QED) is 0.260. The van der Waals surface area contributed by atoms with E-state index in [0.717, 1.165) is 43.4 Å². The summed E-state index contributed by atoms with van der Waals surface area (Å²) < 4.78 is 11.8. The molecule has 0 heterocycles. The molecule has 2 N–H and O–H groups in total. The van der Waals surface area contributed by atoms with Crippen LogP contribution in [0.3, 0.4) is 0 Å². The lowest BCUT2D eigenvalue weighted by Gasteiger charge is -2.53. The zero-order chi connectivity index (χ0) is 29.6. The molecule has 0 unspecified atom stereocenters. The van der Waals surface area contributed by atoms with Crippen molar-refractivity contribution in [2.45, 2.75) is 108 Å². The number of hydrogen-bond acceptors (Lipinski definition) is 5. The minimum absolute atomic E-state index is 0.169. The molecule has 0 aromatic heterocycles. The van der Waals surface area contributed by atoms with Gasteiger partial charge in [-0.2, -0.15) is 0 Å². The molecule has 0 spiro atoms. The van der Waals surface area contributed by atoms with E-state index in [0.29, 0.717) is 30.7 Å². The smallest absolute Gasteiger partial charge is 0.323 e. The van der Waals surface area contributed by atoms with E-state index in [4.69, 9.17) is 9.16 Å². The van der Waals surface area contributed by atoms with Gasteiger partial charge in [-0.25, -0.2) is 0 Å². The number of fused-ring (bicyclic) bond motifs is 5. The van der Waals surface area contributed by atoms with Crippen LogP contribution >= 0.6 is 0 Å². The molecule has 0 saturated heterocycles. The van der Waals surface area contributed by atoms with Crippen LogP contribution in [0.5, 0.6) is 5.75 Å². The zero-order valence-electron chi connectivity index (χ0n) is 26.3. The summed E-state index contributed by atoms with van der Waals surface area (Å²) in [5.41, 5.74) is 3.04. The first-order chi connectivity index (χ1) is 19.3. The largest absolute Gasteiger partial charge is 0.543 e. The highest BCUT2D eigenvalue weighted by atomic mass is 28.4. The second-order valence-electron chi connectivity index (χ2n) is 14.8. The lowest BCUT2D eigenvalue weighted by Crippen LogP contribution is -2.57. The van der Waals surface area contributed by atoms with E-state index < -0.39 is 20.0 Å². The van der Waals surface area contributed by atoms with Gasteiger partial charge in [-0.15, -0.1) is 0 Å². The average molecular weight is 578 g/mol. The summed E-state index contributed by atoms with van der Waals surface area (Å²) in [6.45, 7) is 14.2. The molecule has 2 aromatic rings. The molecular weight excluding hydrogens is 526 g/mol. The Labute approximate surface area is 248 Å². The number of aliphatic hydroxyl groups is 1. The number of carbonyl (C=O) groups is 1. The molecule has 5 nitrogen and oxygen atoms in total. The topological polar surface area (TPSA) is 67.8 Å². The molecule has 0 bridgehead atoms. The van der Waals surface area contributed by atoms with Gasteiger partial charge >= 0.3 is 5.97 Å². The predicted octanol–water partition coefficient (Wildman–Crippen LogP) is 7.03. The number of ether oxygens (including phenoxy) is 1. The third-order valence-corrected chi connectivity index (χ3v) is 16.0. The van der Waals surface area contributed by atoms with Gasteiger partial charge in [-0.05, 0) is 110 Å². The Balaban J connectivity index is 1.30. The third kappa shape index (κ3) is 5.64. The van der Waals surface area contributed by atoms with Crippen molar-refractivity contribution in [3.63, 3.8) is 0 Å². The minimum atomic E-state index is -1.88. The lowest BCUT2D eigenvalue weighted by atomic mass is 9.53. The van der Waals surface area contributed by atoms with E-state index in [2.05, 4.69) is 64.3 Å². The van der Waals surface area contributed by atoms with Crippen molar-refractivity contribution < 1.29 is 19.1 Å². The van der Waals surface area contributed by atoms with Gasteiger partial charge in [0.2, 0.25) is 8.32 Å². The van der Waals surface area contributed by atoms with Gasteiger partial charge in [0.05, 0.1) is 12.7 Å². The van der Waals surface area contributed by atoms with Gasteiger partial charge in [-0.1, -0.05) is 64.1 Å². The highest BCUT2D eigenvalue weighted by Gasteiger charge is 2.61. The number of methoxy groups -OCH3 is 1. The Morgan fingerprint density at radius 3 is 2.51 bits per heavy atom. The van der Waals surface area contributed by atoms with Crippen LogP contribution < -0.4 is 9.74 Å². The molecule has 2 saturated carbocycles. The molecule has 6 heteroatoms. The number of nitrogens with one attached hydrogen (secondary N) is 1. The van der Waals surface area contributed by atoms with Crippen LogP contribution in [0.1, 0.15) is 82.4 Å². The standard InChI is InChI=1S/C35H51NO4Si/c1-33(2,3)41(6,7)40-26-14-16-27-25(22-26)13-15-29-28(27)17-19-34(4)30(29)18-20-35(34,38)23-36-31(32(37)39-5)21-24-11-9-8-10-12-24/h8-12,14,16,22,28-31,36,38H,13,15,17-21,23H2,1-7H3/t28-,29-,30+,31+,34+,35-/m1/s1. The Morgan fingerprint density at radius 2 is 1.83 bits per heavy atom. The fourth-order valence-corrected chi connectivity index (χ4v) is 9.02. The van der Waals surface area contributed by atoms with Crippen LogP contribution in [0, 0.1) is 17.3 Å². The minimum Gasteiger partial charge on any atom is -0.543 e. The Hall–Kier alpha value is -2.15. The maximum Gasteiger partial charge on any atom is 0.323 e. The summed E-state index contributed by atoms with van der Waals surface area (Å²) in [5.74, 6) is 2.38. The van der Waals surface area contributed by atoms with E-state index in [1.807, 2.05) is 30.3 Å². The number of esters is 1. The summed E-state index contributed by atoms with van der Waals surface area (Å²) in [6.07, 6.45) is 6.71. The van der Waals surface area contributed by atoms with E-state index >= 15 is 0 Å². The molecule has 6 atom stereocenters. The van der Waals surface area contributed by atoms with Crippen LogP contribution in [-0.4, -0.2) is 44.7 Å². The first kappa shape index (κ1) is 30.3. The number of carbonyl (C=O) groups excluding carboxylic acids is 1. The van der Waals surface area contributed by atoms with Crippen molar-refractivity contribution in [3.05, 3.63) is 65.2 Å². The second-order valence-corrected chi connectivity index (χ2v) is 19.5. The monoisotopic (exact) mass is 577 g/mol. The van der Waals surface area contributed by atoms with Crippen molar-refractivity contribution in [3.8, 4) is 5.75 Å². The van der Waals surface area contributed by atoms with E-state index in [-0.39, 0.29) is 16.4 Å². The van der Waals surface area contributed by atoms with Gasteiger partial charge in [0.15, 0.2) is 0 Å². The van der Waals surface area contributed by atoms with Crippen molar-refractivity contribution >= 4 is 14.3 Å². The highest BCUT2D eigenvalue weighted by molar-refractivity contribution is 6.74. The molecule has 0 aliphatic heterocycles. The molecule has 3 aliphatic carbocycles. The fourth-order valence-electron chi connectivity index (χ4n) is 7.99. The summed E-state index contributed by atoms with van der Waals surface area (Å²) >= 11 is 0. The van der Waals surface area contributed by atoms with Gasteiger partial charge < -0.3 is 19.6 Å². The molecule has 5 rings (SSSR count). The summed E-state index contributed by atoms with van der Waals surface area (Å²) in [4.78, 5) is 12.7. The SMILES string of the molecule is COC(=O)[C@H](Cc1ccccc1)NC[C@]1(O)CC[C@H]2[C@@H]3CCc4cc(O[Si](C)(C)C(C)(C)C)ccc4[C@H]3CC[C@@]21C. The van der Waals surface area contributed by atoms with Crippen molar-refractivity contribution in [1.29, 1.82) is 0 Å². The van der Waals surface area contributed by atoms with Crippen LogP contribution in [0.25, 0.3) is 0 Å². The van der Waals surface area contributed by atoms with Gasteiger partial charge in [0.25, 0.3) is 0 Å². The number of rotatable bonds is 8. The first-order valence-electron chi connectivity index (χ1n) is 15.7. The van der Waals surface area contributed by atoms with E-state index in [9.17, 15) is 9.90 Å². The Morgan fingerprint density at radius 1 is 1.10 bits per heavy atom. The van der Waals surface area contributed by atoms with Gasteiger partial charge in [-0.3, -0.25) is 4.79 Å². The van der Waals surface area contributed by atoms with Crippen molar-refractivity contribution in [1.82, 2.24) is 5.32 Å². The molecule has 224 valence electrons. The van der Waals surface area contributed by atoms with Crippen LogP contribution in [0.15, 0.2) is 48.5 Å². The maximum absolute atomic E-state index is 12.7. The Bertz CT molecular complexity index is 1240. The zero-order valence-corrected chi connectivity index (χ0v) is 27.3. The normalized spacial score (nSPS) is 30.1. The van der Waals surface area contributed by atoms with E-state index in [1.54, 1.807) is 0 Å². The third-order valence-electron chi connectivity index (χ3n) is 11.6. The van der Waals surface area contributed by atoms with Crippen LogP contribution in [0.4, 0.5) is 0 Å². The van der Waals surface area contributed by atoms with Gasteiger partial charge in [0.1, 0.15) is 11.8 Å². The van der Waals surface area contributed by atoms with Crippen LogP contribution in [0.2, 0.25) is 18.1 Å². The average Bonchev–Trinajstić information content (AvgIpc) is 3.20.